The maximum absolute atomic E-state index is 11.7. The molecule has 0 spiro atoms. The number of thiazole rings is 1. The number of benzene rings is 1. The van der Waals surface area contributed by atoms with E-state index in [9.17, 15) is 4.79 Å². The molecule has 1 amide bonds. The van der Waals surface area contributed by atoms with Crippen molar-refractivity contribution in [1.82, 2.24) is 10.3 Å². The highest BCUT2D eigenvalue weighted by molar-refractivity contribution is 7.09. The van der Waals surface area contributed by atoms with Gasteiger partial charge in [0.2, 0.25) is 5.91 Å². The molecule has 0 aliphatic heterocycles. The number of aliphatic hydroxyl groups excluding tert-OH is 1. The molecule has 0 bridgehead atoms. The van der Waals surface area contributed by atoms with Gasteiger partial charge in [0.25, 0.3) is 0 Å². The van der Waals surface area contributed by atoms with Gasteiger partial charge in [-0.3, -0.25) is 4.79 Å². The van der Waals surface area contributed by atoms with Crippen molar-refractivity contribution in [3.05, 3.63) is 51.5 Å². The summed E-state index contributed by atoms with van der Waals surface area (Å²) in [5.41, 5.74) is 2.88. The highest BCUT2D eigenvalue weighted by atomic mass is 32.1. The van der Waals surface area contributed by atoms with Gasteiger partial charge < -0.3 is 10.4 Å². The highest BCUT2D eigenvalue weighted by Gasteiger charge is 2.05. The number of aryl methyl sites for hydroxylation is 1. The Morgan fingerprint density at radius 3 is 2.60 bits per heavy atom. The van der Waals surface area contributed by atoms with Crippen LogP contribution < -0.4 is 5.32 Å². The fourth-order valence-electron chi connectivity index (χ4n) is 1.87. The number of rotatable bonds is 6. The Hall–Kier alpha value is -1.72. The Kier molecular flexibility index (Phi) is 5.26. The lowest BCUT2D eigenvalue weighted by atomic mass is 10.1. The van der Waals surface area contributed by atoms with E-state index < -0.39 is 0 Å². The molecule has 1 aromatic heterocycles. The maximum atomic E-state index is 11.7. The number of aromatic nitrogens is 1. The van der Waals surface area contributed by atoms with Crippen LogP contribution in [0.5, 0.6) is 0 Å². The van der Waals surface area contributed by atoms with E-state index in [-0.39, 0.29) is 12.5 Å². The zero-order valence-electron chi connectivity index (χ0n) is 11.4. The summed E-state index contributed by atoms with van der Waals surface area (Å²) in [5, 5.41) is 14.8. The first-order chi connectivity index (χ1) is 9.67. The molecule has 0 fully saturated rings. The minimum absolute atomic E-state index is 0.00211. The second-order valence-electron chi connectivity index (χ2n) is 4.61. The van der Waals surface area contributed by atoms with E-state index >= 15 is 0 Å². The number of carbonyl (C=O) groups is 1. The molecule has 0 radical (unpaired) electrons. The first-order valence-electron chi connectivity index (χ1n) is 6.54. The van der Waals surface area contributed by atoms with Crippen molar-refractivity contribution in [2.45, 2.75) is 26.4 Å². The van der Waals surface area contributed by atoms with E-state index in [0.29, 0.717) is 13.0 Å². The van der Waals surface area contributed by atoms with Crippen LogP contribution in [0.2, 0.25) is 0 Å². The van der Waals surface area contributed by atoms with Gasteiger partial charge in [0.05, 0.1) is 23.7 Å². The summed E-state index contributed by atoms with van der Waals surface area (Å²) in [7, 11) is 0. The summed E-state index contributed by atoms with van der Waals surface area (Å²) in [6.07, 6.45) is 1.13. The van der Waals surface area contributed by atoms with Crippen LogP contribution in [0, 0.1) is 6.92 Å². The quantitative estimate of drug-likeness (QED) is 0.853. The summed E-state index contributed by atoms with van der Waals surface area (Å²) in [6, 6.07) is 7.74. The minimum Gasteiger partial charge on any atom is -0.392 e. The van der Waals surface area contributed by atoms with Crippen LogP contribution in [0.1, 0.15) is 21.8 Å². The van der Waals surface area contributed by atoms with E-state index in [1.807, 2.05) is 36.6 Å². The van der Waals surface area contributed by atoms with Crippen LogP contribution in [-0.2, 0) is 24.2 Å². The van der Waals surface area contributed by atoms with E-state index in [2.05, 4.69) is 10.3 Å². The molecule has 4 nitrogen and oxygen atoms in total. The average Bonchev–Trinajstić information content (AvgIpc) is 2.85. The first kappa shape index (κ1) is 14.7. The summed E-state index contributed by atoms with van der Waals surface area (Å²) >= 11 is 1.56. The molecule has 0 saturated heterocycles. The van der Waals surface area contributed by atoms with E-state index in [4.69, 9.17) is 5.11 Å². The molecular formula is C15H18N2O2S. The predicted octanol–water partition coefficient (Wildman–Crippen LogP) is 1.85. The molecule has 1 heterocycles. The Morgan fingerprint density at radius 2 is 2.00 bits per heavy atom. The second kappa shape index (κ2) is 7.17. The van der Waals surface area contributed by atoms with Crippen LogP contribution in [0.25, 0.3) is 0 Å². The molecule has 2 N–H and O–H groups in total. The second-order valence-corrected chi connectivity index (χ2v) is 5.67. The monoisotopic (exact) mass is 290 g/mol. The molecule has 2 aromatic rings. The van der Waals surface area contributed by atoms with Gasteiger partial charge in [-0.1, -0.05) is 24.3 Å². The average molecular weight is 290 g/mol. The molecule has 1 aromatic carbocycles. The topological polar surface area (TPSA) is 62.2 Å². The molecule has 20 heavy (non-hydrogen) atoms. The van der Waals surface area contributed by atoms with Crippen molar-refractivity contribution in [3.8, 4) is 0 Å². The van der Waals surface area contributed by atoms with Crippen molar-refractivity contribution in [1.29, 1.82) is 0 Å². The first-order valence-corrected chi connectivity index (χ1v) is 7.41. The van der Waals surface area contributed by atoms with Crippen LogP contribution in [0.15, 0.2) is 29.6 Å². The normalized spacial score (nSPS) is 10.5. The lowest BCUT2D eigenvalue weighted by Crippen LogP contribution is -2.27. The number of hydrogen-bond donors (Lipinski definition) is 2. The van der Waals surface area contributed by atoms with Gasteiger partial charge in [-0.15, -0.1) is 11.3 Å². The molecule has 106 valence electrons. The van der Waals surface area contributed by atoms with E-state index in [1.54, 1.807) is 11.3 Å². The molecule has 0 saturated carbocycles. The number of nitrogens with zero attached hydrogens (tertiary/aromatic N) is 1. The Labute approximate surface area is 122 Å². The zero-order chi connectivity index (χ0) is 14.4. The minimum atomic E-state index is 0.00211. The number of amides is 1. The molecule has 0 aliphatic rings. The molecule has 2 rings (SSSR count). The van der Waals surface area contributed by atoms with Crippen LogP contribution in [-0.4, -0.2) is 22.5 Å². The van der Waals surface area contributed by atoms with Gasteiger partial charge in [-0.25, -0.2) is 4.98 Å². The largest absolute Gasteiger partial charge is 0.392 e. The van der Waals surface area contributed by atoms with Crippen molar-refractivity contribution in [2.75, 3.05) is 6.54 Å². The number of hydrogen-bond acceptors (Lipinski definition) is 4. The Morgan fingerprint density at radius 1 is 1.30 bits per heavy atom. The van der Waals surface area contributed by atoms with Gasteiger partial charge in [-0.2, -0.15) is 0 Å². The molecule has 0 unspecified atom stereocenters. The van der Waals surface area contributed by atoms with Gasteiger partial charge >= 0.3 is 0 Å². The number of nitrogens with one attached hydrogen (secondary N) is 1. The van der Waals surface area contributed by atoms with Crippen molar-refractivity contribution < 1.29 is 9.90 Å². The summed E-state index contributed by atoms with van der Waals surface area (Å²) < 4.78 is 0. The zero-order valence-corrected chi connectivity index (χ0v) is 12.2. The standard InChI is InChI=1S/C15H18N2O2S/c1-11-17-14(10-20-11)8-15(19)16-7-6-12-2-4-13(9-18)5-3-12/h2-5,10,18H,6-9H2,1H3,(H,16,19). The lowest BCUT2D eigenvalue weighted by Gasteiger charge is -2.05. The van der Waals surface area contributed by atoms with Crippen molar-refractivity contribution in [3.63, 3.8) is 0 Å². The Balaban J connectivity index is 1.73. The maximum Gasteiger partial charge on any atom is 0.226 e. The van der Waals surface area contributed by atoms with Gasteiger partial charge in [-0.05, 0) is 24.5 Å². The molecule has 0 aliphatic carbocycles. The van der Waals surface area contributed by atoms with Gasteiger partial charge in [0.15, 0.2) is 0 Å². The number of aliphatic hydroxyl groups is 1. The smallest absolute Gasteiger partial charge is 0.226 e. The van der Waals surface area contributed by atoms with Crippen molar-refractivity contribution >= 4 is 17.2 Å². The molecule has 0 atom stereocenters. The van der Waals surface area contributed by atoms with Gasteiger partial charge in [0.1, 0.15) is 0 Å². The summed E-state index contributed by atoms with van der Waals surface area (Å²) in [4.78, 5) is 16.0. The Bertz CT molecular complexity index is 564. The summed E-state index contributed by atoms with van der Waals surface area (Å²) in [5.74, 6) is 0.00211. The third-order valence-electron chi connectivity index (χ3n) is 2.95. The fraction of sp³-hybridized carbons (Fsp3) is 0.333. The van der Waals surface area contributed by atoms with E-state index in [0.717, 1.165) is 28.2 Å². The third kappa shape index (κ3) is 4.43. The lowest BCUT2D eigenvalue weighted by molar-refractivity contribution is -0.120. The SMILES string of the molecule is Cc1nc(CC(=O)NCCc2ccc(CO)cc2)cs1. The predicted molar refractivity (Wildman–Crippen MR) is 79.6 cm³/mol. The van der Waals surface area contributed by atoms with Gasteiger partial charge in [0, 0.05) is 11.9 Å². The van der Waals surface area contributed by atoms with Crippen molar-refractivity contribution in [2.24, 2.45) is 0 Å². The number of carbonyl (C=O) groups excluding carboxylic acids is 1. The van der Waals surface area contributed by atoms with Crippen LogP contribution >= 0.6 is 11.3 Å². The molecular weight excluding hydrogens is 272 g/mol. The van der Waals surface area contributed by atoms with Crippen LogP contribution in [0.4, 0.5) is 0 Å². The van der Waals surface area contributed by atoms with Crippen LogP contribution in [0.3, 0.4) is 0 Å². The fourth-order valence-corrected chi connectivity index (χ4v) is 2.49. The third-order valence-corrected chi connectivity index (χ3v) is 3.77. The summed E-state index contributed by atoms with van der Waals surface area (Å²) in [6.45, 7) is 2.60. The highest BCUT2D eigenvalue weighted by Crippen LogP contribution is 2.08. The van der Waals surface area contributed by atoms with E-state index in [1.165, 1.54) is 0 Å². The molecule has 5 heteroatoms.